The molecule has 2 aromatic rings. The van der Waals surface area contributed by atoms with Crippen LogP contribution in [-0.4, -0.2) is 24.1 Å². The van der Waals surface area contributed by atoms with Gasteiger partial charge in [-0.25, -0.2) is 4.79 Å². The van der Waals surface area contributed by atoms with Gasteiger partial charge in [-0.3, -0.25) is 4.98 Å². The van der Waals surface area contributed by atoms with Crippen LogP contribution >= 0.6 is 0 Å². The predicted octanol–water partition coefficient (Wildman–Crippen LogP) is 0.895. The number of anilines is 1. The van der Waals surface area contributed by atoms with Crippen molar-refractivity contribution in [3.63, 3.8) is 0 Å². The average Bonchev–Trinajstić information content (AvgIpc) is 2.85. The monoisotopic (exact) mass is 219 g/mol. The zero-order chi connectivity index (χ0) is 11.0. The van der Waals surface area contributed by atoms with Crippen LogP contribution in [0.3, 0.4) is 0 Å². The van der Waals surface area contributed by atoms with Gasteiger partial charge in [-0.05, 0) is 25.1 Å². The summed E-state index contributed by atoms with van der Waals surface area (Å²) in [6, 6.07) is 6.12. The Morgan fingerprint density at radius 1 is 1.44 bits per heavy atom. The van der Waals surface area contributed by atoms with E-state index in [-0.39, 0.29) is 0 Å². The molecule has 2 heterocycles. The third-order valence-corrected chi connectivity index (χ3v) is 2.85. The highest BCUT2D eigenvalue weighted by Gasteiger charge is 2.14. The molecule has 5 nitrogen and oxygen atoms in total. The van der Waals surface area contributed by atoms with Crippen LogP contribution < -0.4 is 16.4 Å². The number of aromatic nitrogens is 1. The Morgan fingerprint density at radius 3 is 3.19 bits per heavy atom. The second kappa shape index (κ2) is 3.68. The maximum absolute atomic E-state index is 11.0. The summed E-state index contributed by atoms with van der Waals surface area (Å²) in [4.78, 5) is 13.6. The number of fused-ring (bicyclic) bond motifs is 1. The Kier molecular flexibility index (Phi) is 2.18. The third kappa shape index (κ3) is 1.69. The standard InChI is InChI=1S/C11H13N3O2/c15-11-14-9-2-1-7(5-10(9)16-11)13-8-3-4-12-6-8/h1-2,5,8,12-13H,3-4,6H2,(H,14,15). The molecule has 0 spiro atoms. The molecule has 0 saturated carbocycles. The Morgan fingerprint density at radius 2 is 2.38 bits per heavy atom. The number of benzene rings is 1. The maximum Gasteiger partial charge on any atom is 0.417 e. The summed E-state index contributed by atoms with van der Waals surface area (Å²) in [6.07, 6.45) is 1.12. The highest BCUT2D eigenvalue weighted by atomic mass is 16.4. The molecular formula is C11H13N3O2. The fourth-order valence-corrected chi connectivity index (χ4v) is 2.05. The number of hydrogen-bond donors (Lipinski definition) is 3. The van der Waals surface area contributed by atoms with Crippen LogP contribution in [0.4, 0.5) is 5.69 Å². The van der Waals surface area contributed by atoms with Crippen LogP contribution in [-0.2, 0) is 0 Å². The van der Waals surface area contributed by atoms with Crippen LogP contribution in [0, 0.1) is 0 Å². The summed E-state index contributed by atoms with van der Waals surface area (Å²) in [5.74, 6) is -0.408. The molecule has 5 heteroatoms. The van der Waals surface area contributed by atoms with Gasteiger partial charge in [-0.1, -0.05) is 0 Å². The van der Waals surface area contributed by atoms with Crippen molar-refractivity contribution in [1.29, 1.82) is 0 Å². The lowest BCUT2D eigenvalue weighted by Gasteiger charge is -2.12. The highest BCUT2D eigenvalue weighted by Crippen LogP contribution is 2.18. The minimum absolute atomic E-state index is 0.408. The van der Waals surface area contributed by atoms with Crippen molar-refractivity contribution in [2.75, 3.05) is 18.4 Å². The molecule has 0 aliphatic carbocycles. The number of aromatic amines is 1. The van der Waals surface area contributed by atoms with Gasteiger partial charge in [0.05, 0.1) is 5.52 Å². The van der Waals surface area contributed by atoms with Gasteiger partial charge in [-0.2, -0.15) is 0 Å². The number of H-pyrrole nitrogens is 1. The van der Waals surface area contributed by atoms with E-state index < -0.39 is 5.76 Å². The zero-order valence-corrected chi connectivity index (χ0v) is 8.75. The summed E-state index contributed by atoms with van der Waals surface area (Å²) in [5, 5.41) is 6.70. The Labute approximate surface area is 91.8 Å². The summed E-state index contributed by atoms with van der Waals surface area (Å²) in [6.45, 7) is 2.04. The molecule has 1 aromatic carbocycles. The van der Waals surface area contributed by atoms with Crippen LogP contribution in [0.15, 0.2) is 27.4 Å². The SMILES string of the molecule is O=c1[nH]c2ccc(NC3CCNC3)cc2o1. The van der Waals surface area contributed by atoms with Gasteiger partial charge < -0.3 is 15.1 Å². The van der Waals surface area contributed by atoms with Crippen molar-refractivity contribution in [3.05, 3.63) is 28.7 Å². The minimum Gasteiger partial charge on any atom is -0.408 e. The minimum atomic E-state index is -0.408. The first kappa shape index (κ1) is 9.47. The molecule has 1 aromatic heterocycles. The number of hydrogen-bond acceptors (Lipinski definition) is 4. The van der Waals surface area contributed by atoms with Gasteiger partial charge in [-0.15, -0.1) is 0 Å². The van der Waals surface area contributed by atoms with Crippen molar-refractivity contribution in [2.24, 2.45) is 0 Å². The van der Waals surface area contributed by atoms with Gasteiger partial charge in [0.15, 0.2) is 5.58 Å². The molecule has 0 radical (unpaired) electrons. The highest BCUT2D eigenvalue weighted by molar-refractivity contribution is 5.76. The van der Waals surface area contributed by atoms with Gasteiger partial charge >= 0.3 is 5.76 Å². The molecular weight excluding hydrogens is 206 g/mol. The van der Waals surface area contributed by atoms with Crippen LogP contribution in [0.25, 0.3) is 11.1 Å². The first-order valence-corrected chi connectivity index (χ1v) is 5.41. The Balaban J connectivity index is 1.89. The van der Waals surface area contributed by atoms with E-state index in [1.807, 2.05) is 18.2 Å². The second-order valence-electron chi connectivity index (χ2n) is 4.06. The molecule has 0 amide bonds. The molecule has 1 fully saturated rings. The van der Waals surface area contributed by atoms with Crippen molar-refractivity contribution in [1.82, 2.24) is 10.3 Å². The van der Waals surface area contributed by atoms with Crippen molar-refractivity contribution < 1.29 is 4.42 Å². The van der Waals surface area contributed by atoms with Crippen LogP contribution in [0.2, 0.25) is 0 Å². The van der Waals surface area contributed by atoms with Crippen LogP contribution in [0.5, 0.6) is 0 Å². The van der Waals surface area contributed by atoms with Crippen LogP contribution in [0.1, 0.15) is 6.42 Å². The third-order valence-electron chi connectivity index (χ3n) is 2.85. The van der Waals surface area contributed by atoms with E-state index in [4.69, 9.17) is 4.42 Å². The zero-order valence-electron chi connectivity index (χ0n) is 8.75. The summed E-state index contributed by atoms with van der Waals surface area (Å²) < 4.78 is 5.01. The molecule has 3 N–H and O–H groups in total. The molecule has 16 heavy (non-hydrogen) atoms. The first-order valence-electron chi connectivity index (χ1n) is 5.41. The lowest BCUT2D eigenvalue weighted by Crippen LogP contribution is -2.21. The predicted molar refractivity (Wildman–Crippen MR) is 61.7 cm³/mol. The number of rotatable bonds is 2. The lowest BCUT2D eigenvalue weighted by molar-refractivity contribution is 0.555. The topological polar surface area (TPSA) is 70.1 Å². The van der Waals surface area contributed by atoms with Gasteiger partial charge in [0.1, 0.15) is 0 Å². The normalized spacial score (nSPS) is 20.4. The van der Waals surface area contributed by atoms with Crippen molar-refractivity contribution in [3.8, 4) is 0 Å². The summed E-state index contributed by atoms with van der Waals surface area (Å²) in [5.41, 5.74) is 2.32. The van der Waals surface area contributed by atoms with E-state index in [2.05, 4.69) is 15.6 Å². The molecule has 1 atom stereocenters. The van der Waals surface area contributed by atoms with E-state index >= 15 is 0 Å². The van der Waals surface area contributed by atoms with Gasteiger partial charge in [0.2, 0.25) is 0 Å². The van der Waals surface area contributed by atoms with Crippen molar-refractivity contribution in [2.45, 2.75) is 12.5 Å². The van der Waals surface area contributed by atoms with Gasteiger partial charge in [0.25, 0.3) is 0 Å². The largest absolute Gasteiger partial charge is 0.417 e. The second-order valence-corrected chi connectivity index (χ2v) is 4.06. The molecule has 1 aliphatic rings. The summed E-state index contributed by atoms with van der Waals surface area (Å²) in [7, 11) is 0. The smallest absolute Gasteiger partial charge is 0.408 e. The lowest BCUT2D eigenvalue weighted by atomic mass is 10.2. The van der Waals surface area contributed by atoms with E-state index in [9.17, 15) is 4.79 Å². The van der Waals surface area contributed by atoms with Crippen molar-refractivity contribution >= 4 is 16.8 Å². The fourth-order valence-electron chi connectivity index (χ4n) is 2.05. The molecule has 1 unspecified atom stereocenters. The van der Waals surface area contributed by atoms with E-state index in [0.29, 0.717) is 11.6 Å². The molecule has 0 bridgehead atoms. The molecule has 84 valence electrons. The first-order chi connectivity index (χ1) is 7.81. The number of oxazole rings is 1. The Hall–Kier alpha value is -1.75. The average molecular weight is 219 g/mol. The maximum atomic E-state index is 11.0. The van der Waals surface area contributed by atoms with E-state index in [0.717, 1.165) is 30.7 Å². The Bertz CT molecular complexity index is 552. The summed E-state index contributed by atoms with van der Waals surface area (Å²) >= 11 is 0. The molecule has 1 saturated heterocycles. The van der Waals surface area contributed by atoms with E-state index in [1.165, 1.54) is 0 Å². The quantitative estimate of drug-likeness (QED) is 0.701. The number of nitrogens with one attached hydrogen (secondary N) is 3. The molecule has 1 aliphatic heterocycles. The fraction of sp³-hybridized carbons (Fsp3) is 0.364. The van der Waals surface area contributed by atoms with E-state index in [1.54, 1.807) is 0 Å². The molecule has 3 rings (SSSR count). The van der Waals surface area contributed by atoms with Gasteiger partial charge in [0, 0.05) is 24.3 Å².